The Labute approximate surface area is 131 Å². The van der Waals surface area contributed by atoms with Crippen molar-refractivity contribution < 1.29 is 9.47 Å². The van der Waals surface area contributed by atoms with Gasteiger partial charge in [-0.2, -0.15) is 0 Å². The molecule has 0 bridgehead atoms. The molecule has 0 unspecified atom stereocenters. The third-order valence-electron chi connectivity index (χ3n) is 6.37. The molecule has 0 spiro atoms. The Morgan fingerprint density at radius 1 is 0.714 bits per heavy atom. The minimum Gasteiger partial charge on any atom is -0.350 e. The summed E-state index contributed by atoms with van der Waals surface area (Å²) in [6.45, 7) is 3.95. The highest BCUT2D eigenvalue weighted by molar-refractivity contribution is 4.83. The van der Waals surface area contributed by atoms with Gasteiger partial charge in [0.05, 0.1) is 13.2 Å². The lowest BCUT2D eigenvalue weighted by Gasteiger charge is -2.38. The molecule has 0 N–H and O–H groups in total. The average Bonchev–Trinajstić information content (AvgIpc) is 3.08. The monoisotopic (exact) mass is 294 g/mol. The molecule has 21 heavy (non-hydrogen) atoms. The van der Waals surface area contributed by atoms with Crippen molar-refractivity contribution in [2.24, 2.45) is 23.7 Å². The molecule has 1 heterocycles. The van der Waals surface area contributed by atoms with Gasteiger partial charge in [-0.15, -0.1) is 0 Å². The van der Waals surface area contributed by atoms with E-state index in [1.54, 1.807) is 0 Å². The first-order chi connectivity index (χ1) is 10.4. The van der Waals surface area contributed by atoms with Gasteiger partial charge in [-0.25, -0.2) is 0 Å². The van der Waals surface area contributed by atoms with E-state index in [0.717, 1.165) is 31.0 Å². The third-order valence-corrected chi connectivity index (χ3v) is 6.37. The molecule has 0 aromatic heterocycles. The van der Waals surface area contributed by atoms with Crippen molar-refractivity contribution >= 4 is 0 Å². The molecule has 2 saturated carbocycles. The summed E-state index contributed by atoms with van der Waals surface area (Å²) in [5, 5.41) is 0. The Balaban J connectivity index is 1.37. The Morgan fingerprint density at radius 3 is 1.81 bits per heavy atom. The lowest BCUT2D eigenvalue weighted by atomic mass is 9.68. The number of rotatable bonds is 5. The zero-order valence-corrected chi connectivity index (χ0v) is 13.9. The smallest absolute Gasteiger partial charge is 0.160 e. The van der Waals surface area contributed by atoms with Crippen LogP contribution in [0.4, 0.5) is 0 Å². The Morgan fingerprint density at radius 2 is 1.24 bits per heavy atom. The van der Waals surface area contributed by atoms with Gasteiger partial charge in [0.15, 0.2) is 6.29 Å². The number of hydrogen-bond acceptors (Lipinski definition) is 2. The van der Waals surface area contributed by atoms with Crippen LogP contribution in [-0.4, -0.2) is 19.5 Å². The average molecular weight is 294 g/mol. The number of ether oxygens (including phenoxy) is 2. The Kier molecular flexibility index (Phi) is 5.99. The summed E-state index contributed by atoms with van der Waals surface area (Å²) < 4.78 is 11.4. The van der Waals surface area contributed by atoms with Gasteiger partial charge in [0.1, 0.15) is 0 Å². The number of hydrogen-bond donors (Lipinski definition) is 0. The number of unbranched alkanes of at least 4 members (excludes halogenated alkanes) is 1. The molecular weight excluding hydrogens is 260 g/mol. The van der Waals surface area contributed by atoms with Gasteiger partial charge in [-0.05, 0) is 56.3 Å². The van der Waals surface area contributed by atoms with E-state index in [2.05, 4.69) is 6.92 Å². The Hall–Kier alpha value is -0.0800. The fourth-order valence-electron chi connectivity index (χ4n) is 4.98. The summed E-state index contributed by atoms with van der Waals surface area (Å²) in [4.78, 5) is 0. The summed E-state index contributed by atoms with van der Waals surface area (Å²) in [5.74, 6) is 3.78. The van der Waals surface area contributed by atoms with Crippen molar-refractivity contribution in [2.45, 2.75) is 83.8 Å². The van der Waals surface area contributed by atoms with Crippen molar-refractivity contribution in [3.63, 3.8) is 0 Å². The largest absolute Gasteiger partial charge is 0.350 e. The highest BCUT2D eigenvalue weighted by atomic mass is 16.7. The summed E-state index contributed by atoms with van der Waals surface area (Å²) in [7, 11) is 0. The van der Waals surface area contributed by atoms with Gasteiger partial charge in [-0.3, -0.25) is 0 Å². The van der Waals surface area contributed by atoms with E-state index in [9.17, 15) is 0 Å². The maximum absolute atomic E-state index is 5.70. The van der Waals surface area contributed by atoms with Crippen LogP contribution in [-0.2, 0) is 9.47 Å². The van der Waals surface area contributed by atoms with Crippen molar-refractivity contribution in [3.8, 4) is 0 Å². The molecule has 1 saturated heterocycles. The van der Waals surface area contributed by atoms with E-state index in [1.807, 2.05) is 0 Å². The minimum atomic E-state index is 0.135. The van der Waals surface area contributed by atoms with Crippen LogP contribution in [0.15, 0.2) is 0 Å². The molecule has 0 amide bonds. The highest BCUT2D eigenvalue weighted by Crippen LogP contribution is 2.43. The van der Waals surface area contributed by atoms with Crippen LogP contribution in [0.3, 0.4) is 0 Å². The van der Waals surface area contributed by atoms with Gasteiger partial charge in [0, 0.05) is 5.92 Å². The van der Waals surface area contributed by atoms with Crippen LogP contribution in [0, 0.1) is 23.7 Å². The third kappa shape index (κ3) is 4.22. The molecule has 2 aliphatic carbocycles. The van der Waals surface area contributed by atoms with E-state index < -0.39 is 0 Å². The molecule has 0 aromatic rings. The summed E-state index contributed by atoms with van der Waals surface area (Å²) in [6.07, 6.45) is 16.0. The molecule has 3 fully saturated rings. The SMILES string of the molecule is CCCCC1CCC(C2CCC(C3OCCO3)CC2)CC1. The van der Waals surface area contributed by atoms with E-state index in [4.69, 9.17) is 9.47 Å². The van der Waals surface area contributed by atoms with E-state index in [1.165, 1.54) is 70.6 Å². The van der Waals surface area contributed by atoms with Crippen LogP contribution >= 0.6 is 0 Å². The second kappa shape index (κ2) is 7.97. The standard InChI is InChI=1S/C19H34O2/c1-2-3-4-15-5-7-16(8-6-15)17-9-11-18(12-10-17)19-20-13-14-21-19/h15-19H,2-14H2,1H3. The summed E-state index contributed by atoms with van der Waals surface area (Å²) in [6, 6.07) is 0. The molecule has 0 aromatic carbocycles. The van der Waals surface area contributed by atoms with Gasteiger partial charge >= 0.3 is 0 Å². The normalized spacial score (nSPS) is 38.7. The predicted molar refractivity (Wildman–Crippen MR) is 86.1 cm³/mol. The first-order valence-electron chi connectivity index (χ1n) is 9.60. The second-order valence-electron chi connectivity index (χ2n) is 7.71. The highest BCUT2D eigenvalue weighted by Gasteiger charge is 2.34. The summed E-state index contributed by atoms with van der Waals surface area (Å²) in [5.41, 5.74) is 0. The molecule has 3 rings (SSSR count). The Bertz CT molecular complexity index is 282. The van der Waals surface area contributed by atoms with Crippen molar-refractivity contribution in [2.75, 3.05) is 13.2 Å². The molecule has 0 radical (unpaired) electrons. The molecule has 0 atom stereocenters. The molecule has 122 valence electrons. The first kappa shape index (κ1) is 15.8. The summed E-state index contributed by atoms with van der Waals surface area (Å²) >= 11 is 0. The lowest BCUT2D eigenvalue weighted by Crippen LogP contribution is -2.30. The van der Waals surface area contributed by atoms with Crippen LogP contribution in [0.5, 0.6) is 0 Å². The quantitative estimate of drug-likeness (QED) is 0.697. The minimum absolute atomic E-state index is 0.135. The molecular formula is C19H34O2. The molecule has 1 aliphatic heterocycles. The van der Waals surface area contributed by atoms with Crippen molar-refractivity contribution in [3.05, 3.63) is 0 Å². The van der Waals surface area contributed by atoms with Crippen LogP contribution in [0.2, 0.25) is 0 Å². The van der Waals surface area contributed by atoms with E-state index in [-0.39, 0.29) is 6.29 Å². The predicted octanol–water partition coefficient (Wildman–Crippen LogP) is 5.16. The van der Waals surface area contributed by atoms with Gasteiger partial charge in [-0.1, -0.05) is 39.0 Å². The van der Waals surface area contributed by atoms with E-state index >= 15 is 0 Å². The van der Waals surface area contributed by atoms with Gasteiger partial charge in [0.2, 0.25) is 0 Å². The van der Waals surface area contributed by atoms with Gasteiger partial charge < -0.3 is 9.47 Å². The molecule has 2 heteroatoms. The fourth-order valence-corrected chi connectivity index (χ4v) is 4.98. The van der Waals surface area contributed by atoms with Crippen LogP contribution in [0.1, 0.15) is 77.6 Å². The van der Waals surface area contributed by atoms with Crippen LogP contribution in [0.25, 0.3) is 0 Å². The zero-order chi connectivity index (χ0) is 14.5. The van der Waals surface area contributed by atoms with Gasteiger partial charge in [0.25, 0.3) is 0 Å². The second-order valence-corrected chi connectivity index (χ2v) is 7.71. The van der Waals surface area contributed by atoms with E-state index in [0.29, 0.717) is 5.92 Å². The molecule has 3 aliphatic rings. The van der Waals surface area contributed by atoms with Crippen molar-refractivity contribution in [1.82, 2.24) is 0 Å². The van der Waals surface area contributed by atoms with Crippen molar-refractivity contribution in [1.29, 1.82) is 0 Å². The first-order valence-corrected chi connectivity index (χ1v) is 9.60. The fraction of sp³-hybridized carbons (Fsp3) is 1.00. The maximum atomic E-state index is 5.70. The zero-order valence-electron chi connectivity index (χ0n) is 13.9. The van der Waals surface area contributed by atoms with Crippen LogP contribution < -0.4 is 0 Å². The topological polar surface area (TPSA) is 18.5 Å². The molecule has 2 nitrogen and oxygen atoms in total. The lowest BCUT2D eigenvalue weighted by molar-refractivity contribution is -0.0973. The maximum Gasteiger partial charge on any atom is 0.160 e.